The molecule has 0 radical (unpaired) electrons. The van der Waals surface area contributed by atoms with E-state index in [0.29, 0.717) is 29.0 Å². The van der Waals surface area contributed by atoms with Gasteiger partial charge in [-0.15, -0.1) is 11.3 Å². The number of nitriles is 1. The van der Waals surface area contributed by atoms with Gasteiger partial charge in [0.25, 0.3) is 0 Å². The predicted molar refractivity (Wildman–Crippen MR) is 164 cm³/mol. The van der Waals surface area contributed by atoms with E-state index < -0.39 is 29.5 Å². The van der Waals surface area contributed by atoms with Gasteiger partial charge in [-0.2, -0.15) is 23.5 Å². The molecule has 238 valence electrons. The molecule has 0 aliphatic carbocycles. The second-order valence-corrected chi connectivity index (χ2v) is 13.7. The Hall–Kier alpha value is -4.11. The molecule has 0 bridgehead atoms. The van der Waals surface area contributed by atoms with Gasteiger partial charge in [0.05, 0.1) is 12.6 Å². The van der Waals surface area contributed by atoms with E-state index in [1.807, 2.05) is 6.92 Å². The number of nitrogens with zero attached hydrogens (tertiary/aromatic N) is 5. The Morgan fingerprint density at radius 3 is 2.56 bits per heavy atom. The summed E-state index contributed by atoms with van der Waals surface area (Å²) in [5.74, 6) is -0.528. The van der Waals surface area contributed by atoms with E-state index in [1.54, 1.807) is 73.9 Å². The number of aromatic nitrogens is 2. The van der Waals surface area contributed by atoms with Crippen molar-refractivity contribution in [3.63, 3.8) is 0 Å². The van der Waals surface area contributed by atoms with E-state index in [0.717, 1.165) is 10.4 Å². The lowest BCUT2D eigenvalue weighted by atomic mass is 9.83. The van der Waals surface area contributed by atoms with Gasteiger partial charge in [-0.25, -0.2) is 4.79 Å². The molecule has 5 rings (SSSR count). The molecule has 12 heteroatoms. The van der Waals surface area contributed by atoms with Gasteiger partial charge in [0, 0.05) is 48.3 Å². The average Bonchev–Trinajstić information content (AvgIpc) is 3.70. The van der Waals surface area contributed by atoms with Crippen molar-refractivity contribution in [2.75, 3.05) is 13.1 Å². The Labute approximate surface area is 264 Å². The van der Waals surface area contributed by atoms with Crippen molar-refractivity contribution in [3.05, 3.63) is 75.3 Å². The van der Waals surface area contributed by atoms with Gasteiger partial charge >= 0.3 is 12.3 Å². The van der Waals surface area contributed by atoms with Gasteiger partial charge in [-0.3, -0.25) is 9.48 Å². The number of hydrogen-bond donors (Lipinski definition) is 0. The zero-order chi connectivity index (χ0) is 32.7. The molecule has 0 saturated carbocycles. The molecule has 0 spiro atoms. The molecule has 2 amide bonds. The van der Waals surface area contributed by atoms with Crippen molar-refractivity contribution in [1.29, 1.82) is 5.26 Å². The van der Waals surface area contributed by atoms with Gasteiger partial charge in [0.1, 0.15) is 16.5 Å². The maximum absolute atomic E-state index is 14.1. The van der Waals surface area contributed by atoms with E-state index in [-0.39, 0.29) is 43.1 Å². The summed E-state index contributed by atoms with van der Waals surface area (Å²) in [5.41, 5.74) is 0.176. The highest BCUT2D eigenvalue weighted by atomic mass is 32.1. The Morgan fingerprint density at radius 2 is 1.89 bits per heavy atom. The number of thiophene rings is 1. The largest absolute Gasteiger partial charge is 0.444 e. The van der Waals surface area contributed by atoms with Crippen LogP contribution in [-0.4, -0.2) is 56.3 Å². The minimum atomic E-state index is -4.66. The summed E-state index contributed by atoms with van der Waals surface area (Å²) >= 11 is 1.28. The second kappa shape index (κ2) is 12.4. The first-order valence-electron chi connectivity index (χ1n) is 14.9. The standard InChI is InChI=1S/C33H36F3N5O3S/c1-6-40-18-27(30(38-40)33(34,35)36)24-10-8-7-9-23(24)26-17-39(19-28-25(26)14-22(15-37)45-28)29(42)12-11-21-13-20(2)16-41(21)31(43)44-32(3,4)5/h7-12,14,18,20-21,26H,6,13,16-17,19H2,1-5H3/b12-11+/t20-,21+,26-/m0/s1. The zero-order valence-electron chi connectivity index (χ0n) is 25.9. The topological polar surface area (TPSA) is 91.5 Å². The first-order valence-corrected chi connectivity index (χ1v) is 15.7. The lowest BCUT2D eigenvalue weighted by Gasteiger charge is -2.33. The van der Waals surface area contributed by atoms with Crippen LogP contribution in [0, 0.1) is 17.2 Å². The monoisotopic (exact) mass is 639 g/mol. The first kappa shape index (κ1) is 32.3. The average molecular weight is 640 g/mol. The number of likely N-dealkylation sites (tertiary alicyclic amines) is 1. The molecule has 1 fully saturated rings. The number of carbonyl (C=O) groups is 2. The summed E-state index contributed by atoms with van der Waals surface area (Å²) in [4.78, 5) is 31.1. The van der Waals surface area contributed by atoms with E-state index >= 15 is 0 Å². The maximum Gasteiger partial charge on any atom is 0.435 e. The summed E-state index contributed by atoms with van der Waals surface area (Å²) in [6.07, 6.45) is 0.212. The summed E-state index contributed by atoms with van der Waals surface area (Å²) in [6.45, 7) is 10.4. The molecule has 2 aromatic heterocycles. The molecule has 0 unspecified atom stereocenters. The molecule has 8 nitrogen and oxygen atoms in total. The molecule has 1 aromatic carbocycles. The van der Waals surface area contributed by atoms with Crippen LogP contribution in [0.2, 0.25) is 0 Å². The van der Waals surface area contributed by atoms with Crippen molar-refractivity contribution in [1.82, 2.24) is 19.6 Å². The normalized spacial score (nSPS) is 20.4. The van der Waals surface area contributed by atoms with Crippen LogP contribution in [0.5, 0.6) is 0 Å². The zero-order valence-corrected chi connectivity index (χ0v) is 26.7. The van der Waals surface area contributed by atoms with E-state index in [2.05, 4.69) is 11.2 Å². The van der Waals surface area contributed by atoms with Crippen molar-refractivity contribution in [2.45, 2.75) is 77.9 Å². The fourth-order valence-corrected chi connectivity index (χ4v) is 7.08. The highest BCUT2D eigenvalue weighted by Gasteiger charge is 2.40. The number of fused-ring (bicyclic) bond motifs is 1. The Balaban J connectivity index is 1.48. The minimum absolute atomic E-state index is 0.0295. The van der Waals surface area contributed by atoms with Gasteiger partial charge in [0.2, 0.25) is 5.91 Å². The van der Waals surface area contributed by atoms with E-state index in [1.165, 1.54) is 28.3 Å². The third kappa shape index (κ3) is 6.93. The number of amides is 2. The fourth-order valence-electron chi connectivity index (χ4n) is 6.04. The Bertz CT molecular complexity index is 1660. The highest BCUT2D eigenvalue weighted by molar-refractivity contribution is 7.12. The number of alkyl halides is 3. The van der Waals surface area contributed by atoms with E-state index in [9.17, 15) is 28.0 Å². The second-order valence-electron chi connectivity index (χ2n) is 12.6. The van der Waals surface area contributed by atoms with Crippen LogP contribution in [0.4, 0.5) is 18.0 Å². The van der Waals surface area contributed by atoms with Crippen LogP contribution >= 0.6 is 11.3 Å². The summed E-state index contributed by atoms with van der Waals surface area (Å²) < 4.78 is 49.2. The molecule has 2 aliphatic heterocycles. The summed E-state index contributed by atoms with van der Waals surface area (Å²) in [5, 5.41) is 13.5. The van der Waals surface area contributed by atoms with Crippen LogP contribution in [0.1, 0.15) is 73.5 Å². The van der Waals surface area contributed by atoms with Crippen LogP contribution in [-0.2, 0) is 28.8 Å². The highest BCUT2D eigenvalue weighted by Crippen LogP contribution is 2.44. The number of hydrogen-bond acceptors (Lipinski definition) is 6. The number of halogens is 3. The minimum Gasteiger partial charge on any atom is -0.444 e. The van der Waals surface area contributed by atoms with Crippen molar-refractivity contribution in [2.24, 2.45) is 5.92 Å². The molecular weight excluding hydrogens is 603 g/mol. The van der Waals surface area contributed by atoms with Gasteiger partial charge < -0.3 is 14.5 Å². The van der Waals surface area contributed by atoms with Gasteiger partial charge in [-0.05, 0) is 62.8 Å². The summed E-state index contributed by atoms with van der Waals surface area (Å²) in [7, 11) is 0. The molecule has 3 atom stereocenters. The number of aryl methyl sites for hydroxylation is 1. The maximum atomic E-state index is 14.1. The van der Waals surface area contributed by atoms with Crippen molar-refractivity contribution < 1.29 is 27.5 Å². The van der Waals surface area contributed by atoms with Gasteiger partial charge in [-0.1, -0.05) is 37.3 Å². The molecule has 2 aliphatic rings. The predicted octanol–water partition coefficient (Wildman–Crippen LogP) is 7.20. The lowest BCUT2D eigenvalue weighted by Crippen LogP contribution is -2.40. The quantitative estimate of drug-likeness (QED) is 0.276. The lowest BCUT2D eigenvalue weighted by molar-refractivity contribution is -0.141. The number of benzene rings is 1. The fraction of sp³-hybridized carbons (Fsp3) is 0.455. The summed E-state index contributed by atoms with van der Waals surface area (Å²) in [6, 6.07) is 10.5. The van der Waals surface area contributed by atoms with E-state index in [4.69, 9.17) is 4.74 Å². The van der Waals surface area contributed by atoms with Crippen molar-refractivity contribution in [3.8, 4) is 17.2 Å². The van der Waals surface area contributed by atoms with Crippen LogP contribution < -0.4 is 0 Å². The molecule has 45 heavy (non-hydrogen) atoms. The smallest absolute Gasteiger partial charge is 0.435 e. The molecule has 4 heterocycles. The third-order valence-corrected chi connectivity index (χ3v) is 9.04. The number of ether oxygens (including phenoxy) is 1. The number of rotatable bonds is 5. The van der Waals surface area contributed by atoms with Crippen LogP contribution in [0.3, 0.4) is 0 Å². The van der Waals surface area contributed by atoms with Crippen LogP contribution in [0.15, 0.2) is 48.7 Å². The van der Waals surface area contributed by atoms with Crippen LogP contribution in [0.25, 0.3) is 11.1 Å². The Morgan fingerprint density at radius 1 is 1.16 bits per heavy atom. The molecular formula is C33H36F3N5O3S. The first-order chi connectivity index (χ1) is 21.2. The van der Waals surface area contributed by atoms with Gasteiger partial charge in [0.15, 0.2) is 5.69 Å². The molecule has 3 aromatic rings. The number of carbonyl (C=O) groups excluding carboxylic acids is 2. The molecule has 0 N–H and O–H groups in total. The third-order valence-electron chi connectivity index (χ3n) is 8.00. The SMILES string of the molecule is CCn1cc(-c2ccccc2[C@@H]2CN(C(=O)/C=C/[C@@H]3C[C@H](C)CN3C(=O)OC(C)(C)C)Cc3sc(C#N)cc32)c(C(F)(F)F)n1. The van der Waals surface area contributed by atoms with Crippen molar-refractivity contribution >= 4 is 23.3 Å². The Kier molecular flexibility index (Phi) is 8.86. The molecule has 1 saturated heterocycles.